The molecule has 1 saturated carbocycles. The van der Waals surface area contributed by atoms with Gasteiger partial charge < -0.3 is 10.6 Å². The lowest BCUT2D eigenvalue weighted by atomic mass is 9.71. The van der Waals surface area contributed by atoms with Crippen LogP contribution in [-0.2, 0) is 0 Å². The van der Waals surface area contributed by atoms with Gasteiger partial charge in [0.25, 0.3) is 0 Å². The molecule has 116 valence electrons. The summed E-state index contributed by atoms with van der Waals surface area (Å²) in [5.41, 5.74) is 4.01. The van der Waals surface area contributed by atoms with Gasteiger partial charge in [0.05, 0.1) is 0 Å². The molecule has 0 bridgehead atoms. The summed E-state index contributed by atoms with van der Waals surface area (Å²) < 4.78 is 0. The van der Waals surface area contributed by atoms with E-state index in [-0.39, 0.29) is 0 Å². The molecule has 1 fully saturated rings. The standard InChI is InChI=1S/C18H28N2S/c1-12-9-15(11-18(4,5)10-12)19-17(21)20-16-13(2)7-6-8-14(16)3/h6-8,12,15H,9-11H2,1-5H3,(H2,19,20,21)/t12-,15-/m0/s1. The van der Waals surface area contributed by atoms with E-state index in [0.717, 1.165) is 16.7 Å². The molecule has 2 N–H and O–H groups in total. The molecule has 2 atom stereocenters. The van der Waals surface area contributed by atoms with Crippen molar-refractivity contribution < 1.29 is 0 Å². The smallest absolute Gasteiger partial charge is 0.171 e. The van der Waals surface area contributed by atoms with E-state index < -0.39 is 0 Å². The minimum atomic E-state index is 0.406. The van der Waals surface area contributed by atoms with Crippen LogP contribution in [0.3, 0.4) is 0 Å². The number of benzene rings is 1. The van der Waals surface area contributed by atoms with Crippen LogP contribution in [0.15, 0.2) is 18.2 Å². The van der Waals surface area contributed by atoms with E-state index in [0.29, 0.717) is 11.5 Å². The zero-order valence-electron chi connectivity index (χ0n) is 13.9. The van der Waals surface area contributed by atoms with Gasteiger partial charge in [-0.1, -0.05) is 39.0 Å². The predicted octanol–water partition coefficient (Wildman–Crippen LogP) is 4.80. The maximum Gasteiger partial charge on any atom is 0.171 e. The second-order valence-corrected chi connectivity index (χ2v) is 7.88. The third-order valence-corrected chi connectivity index (χ3v) is 4.66. The Hall–Kier alpha value is -1.09. The fraction of sp³-hybridized carbons (Fsp3) is 0.611. The van der Waals surface area contributed by atoms with Crippen molar-refractivity contribution >= 4 is 23.0 Å². The minimum absolute atomic E-state index is 0.406. The van der Waals surface area contributed by atoms with Gasteiger partial charge in [-0.25, -0.2) is 0 Å². The summed E-state index contributed by atoms with van der Waals surface area (Å²) in [7, 11) is 0. The van der Waals surface area contributed by atoms with E-state index in [1.54, 1.807) is 0 Å². The van der Waals surface area contributed by atoms with Gasteiger partial charge in [-0.05, 0) is 67.8 Å². The highest BCUT2D eigenvalue weighted by Crippen LogP contribution is 2.38. The van der Waals surface area contributed by atoms with Gasteiger partial charge in [-0.3, -0.25) is 0 Å². The Kier molecular flexibility index (Phi) is 4.92. The second kappa shape index (κ2) is 6.35. The molecule has 2 rings (SSSR count). The first-order valence-electron chi connectivity index (χ1n) is 7.90. The van der Waals surface area contributed by atoms with Gasteiger partial charge >= 0.3 is 0 Å². The summed E-state index contributed by atoms with van der Waals surface area (Å²) >= 11 is 5.53. The summed E-state index contributed by atoms with van der Waals surface area (Å²) in [5.74, 6) is 0.759. The van der Waals surface area contributed by atoms with Gasteiger partial charge in [0.1, 0.15) is 0 Å². The molecule has 3 heteroatoms. The fourth-order valence-electron chi connectivity index (χ4n) is 3.80. The number of para-hydroxylation sites is 1. The third kappa shape index (κ3) is 4.44. The minimum Gasteiger partial charge on any atom is -0.360 e. The summed E-state index contributed by atoms with van der Waals surface area (Å²) in [4.78, 5) is 0. The number of hydrogen-bond acceptors (Lipinski definition) is 1. The Labute approximate surface area is 134 Å². The molecule has 0 heterocycles. The topological polar surface area (TPSA) is 24.1 Å². The summed E-state index contributed by atoms with van der Waals surface area (Å²) in [5, 5.41) is 7.67. The van der Waals surface area contributed by atoms with Gasteiger partial charge in [-0.2, -0.15) is 0 Å². The van der Waals surface area contributed by atoms with Crippen LogP contribution in [0.1, 0.15) is 51.2 Å². The van der Waals surface area contributed by atoms with Gasteiger partial charge in [-0.15, -0.1) is 0 Å². The second-order valence-electron chi connectivity index (χ2n) is 7.48. The molecular weight excluding hydrogens is 276 g/mol. The van der Waals surface area contributed by atoms with Crippen LogP contribution >= 0.6 is 12.2 Å². The lowest BCUT2D eigenvalue weighted by Crippen LogP contribution is -2.44. The van der Waals surface area contributed by atoms with Crippen LogP contribution in [0.2, 0.25) is 0 Å². The Bertz CT molecular complexity index is 502. The van der Waals surface area contributed by atoms with Crippen LogP contribution < -0.4 is 10.6 Å². The number of anilines is 1. The zero-order valence-corrected chi connectivity index (χ0v) is 14.7. The summed E-state index contributed by atoms with van der Waals surface area (Å²) in [6.07, 6.45) is 3.70. The quantitative estimate of drug-likeness (QED) is 0.767. The molecule has 2 nitrogen and oxygen atoms in total. The van der Waals surface area contributed by atoms with Crippen LogP contribution in [0.5, 0.6) is 0 Å². The van der Waals surface area contributed by atoms with E-state index in [4.69, 9.17) is 12.2 Å². The lowest BCUT2D eigenvalue weighted by Gasteiger charge is -2.39. The molecule has 0 spiro atoms. The van der Waals surface area contributed by atoms with E-state index in [9.17, 15) is 0 Å². The average molecular weight is 305 g/mol. The molecule has 0 aliphatic heterocycles. The van der Waals surface area contributed by atoms with Crippen LogP contribution in [0.4, 0.5) is 5.69 Å². The Morgan fingerprint density at radius 3 is 2.38 bits per heavy atom. The lowest BCUT2D eigenvalue weighted by molar-refractivity contribution is 0.162. The predicted molar refractivity (Wildman–Crippen MR) is 95.9 cm³/mol. The summed E-state index contributed by atoms with van der Waals surface area (Å²) in [6.45, 7) is 11.3. The molecule has 1 aromatic rings. The molecule has 1 aliphatic carbocycles. The molecular formula is C18H28N2S. The van der Waals surface area contributed by atoms with Crippen molar-refractivity contribution in [1.82, 2.24) is 5.32 Å². The Morgan fingerprint density at radius 2 is 1.81 bits per heavy atom. The molecule has 0 amide bonds. The Morgan fingerprint density at radius 1 is 1.19 bits per heavy atom. The maximum atomic E-state index is 5.53. The Balaban J connectivity index is 1.99. The van der Waals surface area contributed by atoms with Crippen molar-refractivity contribution in [3.8, 4) is 0 Å². The van der Waals surface area contributed by atoms with Gasteiger partial charge in [0, 0.05) is 11.7 Å². The van der Waals surface area contributed by atoms with E-state index in [1.807, 2.05) is 0 Å². The molecule has 1 aliphatic rings. The molecule has 1 aromatic carbocycles. The van der Waals surface area contributed by atoms with Crippen molar-refractivity contribution in [3.05, 3.63) is 29.3 Å². The van der Waals surface area contributed by atoms with Crippen molar-refractivity contribution in [2.45, 2.75) is 59.9 Å². The SMILES string of the molecule is Cc1cccc(C)c1NC(=S)N[C@H]1C[C@H](C)CC(C)(C)C1. The molecule has 0 unspecified atom stereocenters. The van der Waals surface area contributed by atoms with Crippen LogP contribution in [0.25, 0.3) is 0 Å². The number of aryl methyl sites for hydroxylation is 2. The normalized spacial score (nSPS) is 24.4. The first kappa shape index (κ1) is 16.3. The molecule has 21 heavy (non-hydrogen) atoms. The van der Waals surface area contributed by atoms with E-state index >= 15 is 0 Å². The van der Waals surface area contributed by atoms with Gasteiger partial charge in [0.15, 0.2) is 5.11 Å². The first-order chi connectivity index (χ1) is 9.77. The highest BCUT2D eigenvalue weighted by atomic mass is 32.1. The average Bonchev–Trinajstić information content (AvgIpc) is 2.31. The van der Waals surface area contributed by atoms with Crippen molar-refractivity contribution in [2.75, 3.05) is 5.32 Å². The zero-order chi connectivity index (χ0) is 15.6. The molecule has 0 aromatic heterocycles. The highest BCUT2D eigenvalue weighted by molar-refractivity contribution is 7.80. The van der Waals surface area contributed by atoms with E-state index in [1.165, 1.54) is 30.4 Å². The molecule has 0 radical (unpaired) electrons. The van der Waals surface area contributed by atoms with E-state index in [2.05, 4.69) is 63.5 Å². The molecule has 0 saturated heterocycles. The largest absolute Gasteiger partial charge is 0.360 e. The van der Waals surface area contributed by atoms with Crippen molar-refractivity contribution in [2.24, 2.45) is 11.3 Å². The van der Waals surface area contributed by atoms with Gasteiger partial charge in [0.2, 0.25) is 0 Å². The number of rotatable bonds is 2. The van der Waals surface area contributed by atoms with Crippen molar-refractivity contribution in [3.63, 3.8) is 0 Å². The fourth-order valence-corrected chi connectivity index (χ4v) is 4.07. The number of thiocarbonyl (C=S) groups is 1. The maximum absolute atomic E-state index is 5.53. The summed E-state index contributed by atoms with van der Waals surface area (Å²) in [6, 6.07) is 6.79. The number of hydrogen-bond donors (Lipinski definition) is 2. The van der Waals surface area contributed by atoms with Crippen LogP contribution in [-0.4, -0.2) is 11.2 Å². The highest BCUT2D eigenvalue weighted by Gasteiger charge is 2.32. The van der Waals surface area contributed by atoms with Crippen molar-refractivity contribution in [1.29, 1.82) is 0 Å². The number of nitrogens with one attached hydrogen (secondary N) is 2. The van der Waals surface area contributed by atoms with Crippen LogP contribution in [0, 0.1) is 25.2 Å². The third-order valence-electron chi connectivity index (χ3n) is 4.44. The first-order valence-corrected chi connectivity index (χ1v) is 8.31. The monoisotopic (exact) mass is 304 g/mol.